The minimum Gasteiger partial charge on any atom is -0.355 e. The van der Waals surface area contributed by atoms with Gasteiger partial charge in [-0.3, -0.25) is 14.5 Å². The van der Waals surface area contributed by atoms with Crippen LogP contribution in [0.1, 0.15) is 26.7 Å². The second-order valence-electron chi connectivity index (χ2n) is 5.74. The Labute approximate surface area is 133 Å². The molecule has 0 spiro atoms. The fourth-order valence-corrected chi connectivity index (χ4v) is 2.37. The summed E-state index contributed by atoms with van der Waals surface area (Å²) in [5.74, 6) is 0.362. The molecule has 0 radical (unpaired) electrons. The molecule has 6 nitrogen and oxygen atoms in total. The number of nitrogens with one attached hydrogen (secondary N) is 1. The predicted octanol–water partition coefficient (Wildman–Crippen LogP) is 0.0619. The number of rotatable bonds is 7. The lowest BCUT2D eigenvalue weighted by atomic mass is 10.0. The first kappa shape index (κ1) is 20.1. The summed E-state index contributed by atoms with van der Waals surface area (Å²) < 4.78 is 0. The van der Waals surface area contributed by atoms with Crippen LogP contribution < -0.4 is 11.1 Å². The smallest absolute Gasteiger partial charge is 0.239 e. The Morgan fingerprint density at radius 3 is 2.67 bits per heavy atom. The van der Waals surface area contributed by atoms with Crippen LogP contribution in [0.5, 0.6) is 0 Å². The molecule has 0 aromatic rings. The Morgan fingerprint density at radius 1 is 1.48 bits per heavy atom. The Kier molecular flexibility index (Phi) is 9.57. The normalized spacial score (nSPS) is 19.7. The molecule has 124 valence electrons. The average molecular weight is 321 g/mol. The van der Waals surface area contributed by atoms with Gasteiger partial charge in [-0.15, -0.1) is 12.4 Å². The second kappa shape index (κ2) is 9.97. The minimum absolute atomic E-state index is 0. The van der Waals surface area contributed by atoms with Gasteiger partial charge in [0.05, 0.1) is 13.1 Å². The summed E-state index contributed by atoms with van der Waals surface area (Å²) in [5.41, 5.74) is 5.89. The summed E-state index contributed by atoms with van der Waals surface area (Å²) >= 11 is 0. The van der Waals surface area contributed by atoms with Crippen molar-refractivity contribution in [2.24, 2.45) is 11.7 Å². The molecule has 21 heavy (non-hydrogen) atoms. The van der Waals surface area contributed by atoms with Gasteiger partial charge in [-0.05, 0) is 32.2 Å². The highest BCUT2D eigenvalue weighted by Gasteiger charge is 2.27. The topological polar surface area (TPSA) is 78.7 Å². The Morgan fingerprint density at radius 2 is 2.14 bits per heavy atom. The van der Waals surface area contributed by atoms with Crippen molar-refractivity contribution in [2.75, 3.05) is 39.8 Å². The van der Waals surface area contributed by atoms with Gasteiger partial charge in [0.1, 0.15) is 0 Å². The fourth-order valence-electron chi connectivity index (χ4n) is 2.37. The van der Waals surface area contributed by atoms with E-state index >= 15 is 0 Å². The van der Waals surface area contributed by atoms with E-state index < -0.39 is 0 Å². The van der Waals surface area contributed by atoms with Gasteiger partial charge in [0, 0.05) is 26.2 Å². The van der Waals surface area contributed by atoms with E-state index in [9.17, 15) is 9.59 Å². The van der Waals surface area contributed by atoms with E-state index in [1.807, 2.05) is 13.8 Å². The molecule has 2 atom stereocenters. The molecule has 1 aliphatic rings. The quantitative estimate of drug-likeness (QED) is 0.695. The average Bonchev–Trinajstić information content (AvgIpc) is 2.84. The number of nitrogens with two attached hydrogens (primary N) is 1. The Bertz CT molecular complexity index is 339. The predicted molar refractivity (Wildman–Crippen MR) is 86.4 cm³/mol. The molecule has 1 fully saturated rings. The summed E-state index contributed by atoms with van der Waals surface area (Å²) in [6.07, 6.45) is 1.95. The van der Waals surface area contributed by atoms with E-state index in [1.165, 1.54) is 4.90 Å². The van der Waals surface area contributed by atoms with Crippen LogP contribution in [-0.2, 0) is 9.59 Å². The van der Waals surface area contributed by atoms with Gasteiger partial charge < -0.3 is 16.0 Å². The Hall–Kier alpha value is -0.850. The molecule has 2 amide bonds. The maximum Gasteiger partial charge on any atom is 0.239 e. The Balaban J connectivity index is 0.00000400. The van der Waals surface area contributed by atoms with Crippen molar-refractivity contribution < 1.29 is 9.59 Å². The molecule has 0 bridgehead atoms. The zero-order valence-corrected chi connectivity index (χ0v) is 14.1. The molecule has 3 N–H and O–H groups in total. The number of likely N-dealkylation sites (N-methyl/N-ethyl adjacent to an activating group) is 1. The molecule has 1 saturated heterocycles. The molecule has 0 aliphatic carbocycles. The van der Waals surface area contributed by atoms with Crippen LogP contribution in [0.4, 0.5) is 0 Å². The third-order valence-electron chi connectivity index (χ3n) is 3.79. The van der Waals surface area contributed by atoms with Gasteiger partial charge >= 0.3 is 0 Å². The van der Waals surface area contributed by atoms with E-state index in [1.54, 1.807) is 7.05 Å². The van der Waals surface area contributed by atoms with Crippen molar-refractivity contribution in [3.8, 4) is 0 Å². The van der Waals surface area contributed by atoms with Gasteiger partial charge in [-0.1, -0.05) is 6.92 Å². The molecular weight excluding hydrogens is 292 g/mol. The molecule has 0 saturated carbocycles. The van der Waals surface area contributed by atoms with Crippen LogP contribution >= 0.6 is 12.4 Å². The van der Waals surface area contributed by atoms with Crippen LogP contribution in [0, 0.1) is 5.92 Å². The number of carbonyl (C=O) groups is 2. The summed E-state index contributed by atoms with van der Waals surface area (Å²) in [7, 11) is 1.67. The highest BCUT2D eigenvalue weighted by Crippen LogP contribution is 2.18. The first-order chi connectivity index (χ1) is 9.43. The first-order valence-corrected chi connectivity index (χ1v) is 7.42. The third kappa shape index (κ3) is 7.11. The van der Waals surface area contributed by atoms with Gasteiger partial charge in [0.2, 0.25) is 11.8 Å². The maximum absolute atomic E-state index is 12.1. The van der Waals surface area contributed by atoms with Crippen molar-refractivity contribution in [1.29, 1.82) is 0 Å². The lowest BCUT2D eigenvalue weighted by Crippen LogP contribution is -2.43. The van der Waals surface area contributed by atoms with Gasteiger partial charge in [0.25, 0.3) is 0 Å². The number of likely N-dealkylation sites (tertiary alicyclic amines) is 1. The summed E-state index contributed by atoms with van der Waals surface area (Å²) in [6, 6.07) is 0.174. The largest absolute Gasteiger partial charge is 0.355 e. The number of hydrogen-bond donors (Lipinski definition) is 2. The van der Waals surface area contributed by atoms with Crippen LogP contribution in [0.15, 0.2) is 0 Å². The van der Waals surface area contributed by atoms with Crippen molar-refractivity contribution in [2.45, 2.75) is 32.7 Å². The molecule has 1 heterocycles. The summed E-state index contributed by atoms with van der Waals surface area (Å²) in [4.78, 5) is 27.2. The van der Waals surface area contributed by atoms with E-state index in [-0.39, 0.29) is 36.8 Å². The molecule has 7 heteroatoms. The number of nitrogens with zero attached hydrogens (tertiary/aromatic N) is 2. The van der Waals surface area contributed by atoms with Crippen LogP contribution in [0.2, 0.25) is 0 Å². The molecule has 2 unspecified atom stereocenters. The molecular formula is C14H29ClN4O2. The minimum atomic E-state index is -0.0995. The van der Waals surface area contributed by atoms with Crippen LogP contribution in [-0.4, -0.2) is 67.4 Å². The number of carbonyl (C=O) groups excluding carboxylic acids is 2. The monoisotopic (exact) mass is 320 g/mol. The second-order valence-corrected chi connectivity index (χ2v) is 5.74. The van der Waals surface area contributed by atoms with Crippen LogP contribution in [0.3, 0.4) is 0 Å². The van der Waals surface area contributed by atoms with E-state index in [0.717, 1.165) is 25.9 Å². The highest BCUT2D eigenvalue weighted by atomic mass is 35.5. The summed E-state index contributed by atoms with van der Waals surface area (Å²) in [5, 5.41) is 2.77. The number of halogens is 1. The lowest BCUT2D eigenvalue weighted by molar-refractivity contribution is -0.135. The molecule has 1 aliphatic heterocycles. The van der Waals surface area contributed by atoms with Crippen molar-refractivity contribution >= 4 is 24.2 Å². The van der Waals surface area contributed by atoms with Crippen molar-refractivity contribution in [3.05, 3.63) is 0 Å². The standard InChI is InChI=1S/C14H28N4O2.ClH/c1-4-6-16-13(19)9-17(3)14(20)10-18-7-5-12(8-18)11(2)15;/h11-12H,4-10,15H2,1-3H3,(H,16,19);1H. The molecule has 0 aromatic heterocycles. The molecule has 0 aromatic carbocycles. The third-order valence-corrected chi connectivity index (χ3v) is 3.79. The summed E-state index contributed by atoms with van der Waals surface area (Å²) in [6.45, 7) is 6.96. The van der Waals surface area contributed by atoms with Crippen LogP contribution in [0.25, 0.3) is 0 Å². The van der Waals surface area contributed by atoms with Gasteiger partial charge in [0.15, 0.2) is 0 Å². The maximum atomic E-state index is 12.1. The highest BCUT2D eigenvalue weighted by molar-refractivity contribution is 5.85. The number of hydrogen-bond acceptors (Lipinski definition) is 4. The molecule has 1 rings (SSSR count). The van der Waals surface area contributed by atoms with Crippen molar-refractivity contribution in [3.63, 3.8) is 0 Å². The van der Waals surface area contributed by atoms with E-state index in [4.69, 9.17) is 5.73 Å². The number of amides is 2. The zero-order valence-electron chi connectivity index (χ0n) is 13.3. The SMILES string of the molecule is CCCNC(=O)CN(C)C(=O)CN1CCC(C(C)N)C1.Cl. The lowest BCUT2D eigenvalue weighted by Gasteiger charge is -2.21. The van der Waals surface area contributed by atoms with E-state index in [2.05, 4.69) is 10.2 Å². The first-order valence-electron chi connectivity index (χ1n) is 7.42. The van der Waals surface area contributed by atoms with Gasteiger partial charge in [-0.2, -0.15) is 0 Å². The van der Waals surface area contributed by atoms with Gasteiger partial charge in [-0.25, -0.2) is 0 Å². The van der Waals surface area contributed by atoms with E-state index in [0.29, 0.717) is 19.0 Å². The zero-order chi connectivity index (χ0) is 15.1. The van der Waals surface area contributed by atoms with Crippen molar-refractivity contribution in [1.82, 2.24) is 15.1 Å². The fraction of sp³-hybridized carbons (Fsp3) is 0.857.